The summed E-state index contributed by atoms with van der Waals surface area (Å²) < 4.78 is 0.673. The van der Waals surface area contributed by atoms with Crippen LogP contribution in [0, 0.1) is 3.57 Å². The number of aromatic hydroxyl groups is 1. The molecule has 12 heteroatoms. The zero-order valence-electron chi connectivity index (χ0n) is 19.3. The van der Waals surface area contributed by atoms with Gasteiger partial charge in [0.2, 0.25) is 23.6 Å². The molecule has 0 radical (unpaired) electrons. The van der Waals surface area contributed by atoms with Crippen molar-refractivity contribution < 1.29 is 34.2 Å². The summed E-state index contributed by atoms with van der Waals surface area (Å²) in [5, 5.41) is 27.8. The number of halogens is 1. The molecule has 1 atom stereocenters. The van der Waals surface area contributed by atoms with Crippen LogP contribution >= 0.6 is 22.6 Å². The first-order chi connectivity index (χ1) is 17.1. The monoisotopic (exact) mass is 610 g/mol. The molecule has 192 valence electrons. The molecule has 0 aliphatic rings. The molecule has 4 amide bonds. The van der Waals surface area contributed by atoms with E-state index in [1.54, 1.807) is 48.5 Å². The lowest BCUT2D eigenvalue weighted by Crippen LogP contribution is -2.52. The summed E-state index contributed by atoms with van der Waals surface area (Å²) in [5.74, 6) is -3.32. The largest absolute Gasteiger partial charge is 0.507 e. The van der Waals surface area contributed by atoms with E-state index in [0.29, 0.717) is 9.99 Å². The fraction of sp³-hybridized carbons (Fsp3) is 0.292. The van der Waals surface area contributed by atoms with Crippen LogP contribution in [-0.4, -0.2) is 65.5 Å². The number of carbonyl (C=O) groups is 5. The second-order valence-corrected chi connectivity index (χ2v) is 8.92. The Balaban J connectivity index is 1.87. The van der Waals surface area contributed by atoms with Crippen LogP contribution in [-0.2, 0) is 36.8 Å². The van der Waals surface area contributed by atoms with Crippen LogP contribution in [0.5, 0.6) is 5.75 Å². The van der Waals surface area contributed by atoms with Gasteiger partial charge >= 0.3 is 5.97 Å². The van der Waals surface area contributed by atoms with Crippen LogP contribution in [0.4, 0.5) is 0 Å². The number of aliphatic carboxylic acids is 1. The van der Waals surface area contributed by atoms with Crippen LogP contribution in [0.1, 0.15) is 17.5 Å². The highest BCUT2D eigenvalue weighted by atomic mass is 127. The van der Waals surface area contributed by atoms with Crippen molar-refractivity contribution in [1.29, 1.82) is 0 Å². The Morgan fingerprint density at radius 3 is 2.14 bits per heavy atom. The maximum Gasteiger partial charge on any atom is 0.322 e. The van der Waals surface area contributed by atoms with E-state index in [1.807, 2.05) is 22.6 Å². The van der Waals surface area contributed by atoms with Gasteiger partial charge in [0.25, 0.3) is 0 Å². The van der Waals surface area contributed by atoms with Gasteiger partial charge in [-0.25, -0.2) is 0 Å². The molecule has 0 bridgehead atoms. The number of carboxylic acid groups (broad SMARTS) is 1. The van der Waals surface area contributed by atoms with Crippen molar-refractivity contribution in [1.82, 2.24) is 21.3 Å². The van der Waals surface area contributed by atoms with Crippen molar-refractivity contribution in [3.63, 3.8) is 0 Å². The molecule has 0 heterocycles. The summed E-state index contributed by atoms with van der Waals surface area (Å²) in [5.41, 5.74) is 1.63. The van der Waals surface area contributed by atoms with Gasteiger partial charge in [0, 0.05) is 12.8 Å². The van der Waals surface area contributed by atoms with Crippen molar-refractivity contribution in [3.8, 4) is 5.75 Å². The number of benzene rings is 2. The van der Waals surface area contributed by atoms with E-state index in [9.17, 15) is 29.1 Å². The number of carbonyl (C=O) groups excluding carboxylic acids is 4. The standard InChI is InChI=1S/C24H27IN4O7/c25-17-10-16(6-8-19(17)30)7-9-20(31)26-13-22(33)29-18(11-15-4-2-1-3-5-15)24(36)28-12-21(32)27-14-23(34)35/h1-6,8,10,18,30H,7,9,11-14H2,(H,26,31)(H,27,32)(H,28,36)(H,29,33)(H,34,35)/t18-/m0/s1. The third-order valence-corrected chi connectivity index (χ3v) is 5.76. The lowest BCUT2D eigenvalue weighted by atomic mass is 10.1. The Morgan fingerprint density at radius 2 is 1.47 bits per heavy atom. The SMILES string of the molecule is O=C(O)CNC(=O)CNC(=O)[C@H](Cc1ccccc1)NC(=O)CNC(=O)CCc1ccc(O)c(I)c1. The van der Waals surface area contributed by atoms with E-state index >= 15 is 0 Å². The van der Waals surface area contributed by atoms with Crippen LogP contribution in [0.25, 0.3) is 0 Å². The van der Waals surface area contributed by atoms with Crippen molar-refractivity contribution in [3.05, 3.63) is 63.2 Å². The second kappa shape index (κ2) is 14.7. The van der Waals surface area contributed by atoms with E-state index < -0.39 is 42.8 Å². The topological polar surface area (TPSA) is 174 Å². The molecular weight excluding hydrogens is 583 g/mol. The van der Waals surface area contributed by atoms with Gasteiger partial charge in [-0.3, -0.25) is 24.0 Å². The lowest BCUT2D eigenvalue weighted by molar-refractivity contribution is -0.138. The Morgan fingerprint density at radius 1 is 0.806 bits per heavy atom. The Kier molecular flexibility index (Phi) is 11.6. The van der Waals surface area contributed by atoms with Gasteiger partial charge in [0.15, 0.2) is 0 Å². The fourth-order valence-corrected chi connectivity index (χ4v) is 3.64. The maximum absolute atomic E-state index is 12.6. The van der Waals surface area contributed by atoms with E-state index in [4.69, 9.17) is 5.11 Å². The summed E-state index contributed by atoms with van der Waals surface area (Å²) >= 11 is 1.99. The van der Waals surface area contributed by atoms with Crippen molar-refractivity contribution >= 4 is 52.2 Å². The van der Waals surface area contributed by atoms with Crippen LogP contribution in [0.15, 0.2) is 48.5 Å². The maximum atomic E-state index is 12.6. The number of phenols is 1. The summed E-state index contributed by atoms with van der Waals surface area (Å²) in [6.07, 6.45) is 0.697. The predicted octanol–water partition coefficient (Wildman–Crippen LogP) is 0.0901. The second-order valence-electron chi connectivity index (χ2n) is 7.76. The molecule has 0 aliphatic carbocycles. The summed E-state index contributed by atoms with van der Waals surface area (Å²) in [6, 6.07) is 12.9. The van der Waals surface area contributed by atoms with E-state index in [2.05, 4.69) is 21.3 Å². The molecule has 0 fully saturated rings. The van der Waals surface area contributed by atoms with Gasteiger partial charge < -0.3 is 31.5 Å². The molecular formula is C24H27IN4O7. The first-order valence-electron chi connectivity index (χ1n) is 11.0. The van der Waals surface area contributed by atoms with Gasteiger partial charge in [0.1, 0.15) is 18.3 Å². The molecule has 11 nitrogen and oxygen atoms in total. The Hall–Kier alpha value is -3.68. The van der Waals surface area contributed by atoms with Crippen molar-refractivity contribution in [2.24, 2.45) is 0 Å². The first kappa shape index (κ1) is 28.6. The number of aryl methyl sites for hydroxylation is 1. The predicted molar refractivity (Wildman–Crippen MR) is 138 cm³/mol. The van der Waals surface area contributed by atoms with E-state index in [-0.39, 0.29) is 31.0 Å². The normalized spacial score (nSPS) is 11.1. The minimum absolute atomic E-state index is 0.132. The third-order valence-electron chi connectivity index (χ3n) is 4.89. The Labute approximate surface area is 221 Å². The summed E-state index contributed by atoms with van der Waals surface area (Å²) in [6.45, 7) is -1.38. The summed E-state index contributed by atoms with van der Waals surface area (Å²) in [7, 11) is 0. The zero-order chi connectivity index (χ0) is 26.5. The number of amides is 4. The van der Waals surface area contributed by atoms with Crippen LogP contribution in [0.2, 0.25) is 0 Å². The average molecular weight is 610 g/mol. The molecule has 0 unspecified atom stereocenters. The minimum Gasteiger partial charge on any atom is -0.507 e. The number of nitrogens with one attached hydrogen (secondary N) is 4. The van der Waals surface area contributed by atoms with E-state index in [1.165, 1.54) is 0 Å². The highest BCUT2D eigenvalue weighted by Gasteiger charge is 2.22. The van der Waals surface area contributed by atoms with Gasteiger partial charge in [-0.2, -0.15) is 0 Å². The highest BCUT2D eigenvalue weighted by Crippen LogP contribution is 2.20. The number of hydrogen-bond donors (Lipinski definition) is 6. The quantitative estimate of drug-likeness (QED) is 0.174. The highest BCUT2D eigenvalue weighted by molar-refractivity contribution is 14.1. The Bertz CT molecular complexity index is 1100. The van der Waals surface area contributed by atoms with Gasteiger partial charge in [-0.15, -0.1) is 0 Å². The molecule has 0 aromatic heterocycles. The summed E-state index contributed by atoms with van der Waals surface area (Å²) in [4.78, 5) is 59.5. The van der Waals surface area contributed by atoms with Crippen molar-refractivity contribution in [2.45, 2.75) is 25.3 Å². The van der Waals surface area contributed by atoms with Crippen LogP contribution < -0.4 is 21.3 Å². The number of hydrogen-bond acceptors (Lipinski definition) is 6. The smallest absolute Gasteiger partial charge is 0.322 e. The van der Waals surface area contributed by atoms with Gasteiger partial charge in [-0.05, 0) is 52.3 Å². The number of phenolic OH excluding ortho intramolecular Hbond substituents is 1. The molecule has 2 rings (SSSR count). The van der Waals surface area contributed by atoms with Gasteiger partial charge in [0.05, 0.1) is 16.7 Å². The lowest BCUT2D eigenvalue weighted by Gasteiger charge is -2.19. The fourth-order valence-electron chi connectivity index (χ4n) is 3.06. The first-order valence-corrected chi connectivity index (χ1v) is 12.1. The molecule has 36 heavy (non-hydrogen) atoms. The third kappa shape index (κ3) is 10.7. The molecule has 6 N–H and O–H groups in total. The van der Waals surface area contributed by atoms with Gasteiger partial charge in [-0.1, -0.05) is 36.4 Å². The molecule has 0 saturated heterocycles. The number of carboxylic acids is 1. The molecule has 0 saturated carbocycles. The minimum atomic E-state index is -1.22. The number of rotatable bonds is 13. The molecule has 2 aromatic carbocycles. The molecule has 0 aliphatic heterocycles. The van der Waals surface area contributed by atoms with Crippen LogP contribution in [0.3, 0.4) is 0 Å². The molecule has 2 aromatic rings. The zero-order valence-corrected chi connectivity index (χ0v) is 21.4. The van der Waals surface area contributed by atoms with E-state index in [0.717, 1.165) is 11.1 Å². The average Bonchev–Trinajstić information content (AvgIpc) is 2.85. The van der Waals surface area contributed by atoms with Crippen molar-refractivity contribution in [2.75, 3.05) is 19.6 Å². The molecule has 0 spiro atoms.